The van der Waals surface area contributed by atoms with Crippen molar-refractivity contribution in [2.75, 3.05) is 17.6 Å². The predicted octanol–water partition coefficient (Wildman–Crippen LogP) is 4.54. The summed E-state index contributed by atoms with van der Waals surface area (Å²) in [6.45, 7) is 0.525. The highest BCUT2D eigenvalue weighted by Crippen LogP contribution is 2.33. The van der Waals surface area contributed by atoms with E-state index in [0.29, 0.717) is 23.2 Å². The largest absolute Gasteiger partial charge is 0.416 e. The van der Waals surface area contributed by atoms with Gasteiger partial charge in [0.25, 0.3) is 0 Å². The molecule has 3 rings (SSSR count). The Labute approximate surface area is 188 Å². The quantitative estimate of drug-likeness (QED) is 0.416. The van der Waals surface area contributed by atoms with Crippen molar-refractivity contribution in [1.82, 2.24) is 20.1 Å². The number of nitriles is 1. The summed E-state index contributed by atoms with van der Waals surface area (Å²) in [5, 5.41) is 23.4. The van der Waals surface area contributed by atoms with Crippen molar-refractivity contribution in [2.45, 2.75) is 62.4 Å². The Morgan fingerprint density at radius 2 is 2.03 bits per heavy atom. The Balaban J connectivity index is 1.71. The lowest BCUT2D eigenvalue weighted by Gasteiger charge is -2.25. The molecule has 0 unspecified atom stereocenters. The molecule has 1 aliphatic carbocycles. The van der Waals surface area contributed by atoms with Crippen molar-refractivity contribution in [3.63, 3.8) is 0 Å². The zero-order valence-corrected chi connectivity index (χ0v) is 18.3. The van der Waals surface area contributed by atoms with Crippen molar-refractivity contribution in [1.29, 1.82) is 5.26 Å². The Hall–Kier alpha value is -2.74. The molecule has 1 aromatic carbocycles. The summed E-state index contributed by atoms with van der Waals surface area (Å²) < 4.78 is 41.0. The highest BCUT2D eigenvalue weighted by molar-refractivity contribution is 7.99. The number of benzene rings is 1. The van der Waals surface area contributed by atoms with Crippen LogP contribution in [0.5, 0.6) is 0 Å². The van der Waals surface area contributed by atoms with E-state index in [2.05, 4.69) is 20.8 Å². The van der Waals surface area contributed by atoms with Crippen LogP contribution in [0.4, 0.5) is 18.9 Å². The van der Waals surface area contributed by atoms with Crippen LogP contribution < -0.4 is 10.6 Å². The minimum absolute atomic E-state index is 0.150. The minimum Gasteiger partial charge on any atom is -0.378 e. The SMILES string of the molecule is N#CCCNC(=O)CSc1nnc(CNc2cccc(C(F)(F)F)c2)n1C1CCCCC1. The standard InChI is InChI=1S/C21H25F3N6OS/c22-21(23,24)15-6-4-7-16(12-15)27-13-18-28-29-20(30(18)17-8-2-1-3-9-17)32-14-19(31)26-11-5-10-25/h4,6-7,12,17,27H,1-3,5,8-9,11,13-14H2,(H,26,31). The second kappa shape index (κ2) is 11.2. The Bertz CT molecular complexity index is 950. The number of carbonyl (C=O) groups excluding carboxylic acids is 1. The van der Waals surface area contributed by atoms with Crippen LogP contribution in [0.25, 0.3) is 0 Å². The van der Waals surface area contributed by atoms with Gasteiger partial charge in [-0.3, -0.25) is 4.79 Å². The molecule has 7 nitrogen and oxygen atoms in total. The summed E-state index contributed by atoms with van der Waals surface area (Å²) in [6, 6.07) is 7.22. The van der Waals surface area contributed by atoms with Gasteiger partial charge in [0.1, 0.15) is 0 Å². The van der Waals surface area contributed by atoms with Crippen molar-refractivity contribution in [2.24, 2.45) is 0 Å². The Morgan fingerprint density at radius 1 is 1.25 bits per heavy atom. The van der Waals surface area contributed by atoms with Crippen molar-refractivity contribution in [3.8, 4) is 6.07 Å². The maximum Gasteiger partial charge on any atom is 0.416 e. The van der Waals surface area contributed by atoms with E-state index in [9.17, 15) is 18.0 Å². The summed E-state index contributed by atoms with van der Waals surface area (Å²) in [5.74, 6) is 0.589. The summed E-state index contributed by atoms with van der Waals surface area (Å²) in [6.07, 6.45) is 1.12. The lowest BCUT2D eigenvalue weighted by molar-refractivity contribution is -0.137. The first-order valence-electron chi connectivity index (χ1n) is 10.5. The van der Waals surface area contributed by atoms with Crippen LogP contribution in [0.1, 0.15) is 56.0 Å². The fourth-order valence-electron chi connectivity index (χ4n) is 3.66. The van der Waals surface area contributed by atoms with E-state index in [4.69, 9.17) is 5.26 Å². The third-order valence-electron chi connectivity index (χ3n) is 5.21. The fourth-order valence-corrected chi connectivity index (χ4v) is 4.51. The molecule has 1 fully saturated rings. The molecule has 0 saturated heterocycles. The van der Waals surface area contributed by atoms with Gasteiger partial charge in [-0.15, -0.1) is 10.2 Å². The number of carbonyl (C=O) groups is 1. The van der Waals surface area contributed by atoms with Crippen molar-refractivity contribution >= 4 is 23.4 Å². The van der Waals surface area contributed by atoms with Crippen LogP contribution in [0.15, 0.2) is 29.4 Å². The minimum atomic E-state index is -4.41. The van der Waals surface area contributed by atoms with E-state index in [-0.39, 0.29) is 30.7 Å². The maximum absolute atomic E-state index is 13.0. The predicted molar refractivity (Wildman–Crippen MR) is 115 cm³/mol. The number of thioether (sulfide) groups is 1. The molecule has 1 amide bonds. The normalized spacial score (nSPS) is 14.7. The van der Waals surface area contributed by atoms with Crippen LogP contribution >= 0.6 is 11.8 Å². The molecule has 1 saturated carbocycles. The highest BCUT2D eigenvalue weighted by Gasteiger charge is 2.30. The zero-order chi connectivity index (χ0) is 23.0. The van der Waals surface area contributed by atoms with E-state index in [1.165, 1.54) is 24.2 Å². The monoisotopic (exact) mass is 466 g/mol. The van der Waals surface area contributed by atoms with Gasteiger partial charge in [0.05, 0.1) is 30.4 Å². The molecule has 172 valence electrons. The van der Waals surface area contributed by atoms with Gasteiger partial charge in [-0.05, 0) is 31.0 Å². The molecular formula is C21H25F3N6OS. The molecule has 0 atom stereocenters. The molecule has 11 heteroatoms. The Kier molecular flexibility index (Phi) is 8.39. The molecule has 2 aromatic rings. The second-order valence-electron chi connectivity index (χ2n) is 7.54. The van der Waals surface area contributed by atoms with Gasteiger partial charge >= 0.3 is 6.18 Å². The first-order valence-corrected chi connectivity index (χ1v) is 11.5. The van der Waals surface area contributed by atoms with E-state index < -0.39 is 11.7 Å². The average molecular weight is 467 g/mol. The van der Waals surface area contributed by atoms with E-state index in [1.54, 1.807) is 6.07 Å². The van der Waals surface area contributed by atoms with Gasteiger partial charge in [-0.1, -0.05) is 37.1 Å². The molecule has 0 aliphatic heterocycles. The van der Waals surface area contributed by atoms with Crippen molar-refractivity contribution in [3.05, 3.63) is 35.7 Å². The van der Waals surface area contributed by atoms with Crippen LogP contribution in [0.2, 0.25) is 0 Å². The first-order chi connectivity index (χ1) is 15.4. The molecule has 0 bridgehead atoms. The average Bonchev–Trinajstić information content (AvgIpc) is 3.19. The molecule has 0 radical (unpaired) electrons. The van der Waals surface area contributed by atoms with Crippen LogP contribution in [0, 0.1) is 11.3 Å². The van der Waals surface area contributed by atoms with Crippen molar-refractivity contribution < 1.29 is 18.0 Å². The van der Waals surface area contributed by atoms with Gasteiger partial charge < -0.3 is 15.2 Å². The topological polar surface area (TPSA) is 95.6 Å². The number of hydrogen-bond donors (Lipinski definition) is 2. The number of amides is 1. The summed E-state index contributed by atoms with van der Waals surface area (Å²) in [5.41, 5.74) is -0.362. The van der Waals surface area contributed by atoms with Crippen LogP contribution in [-0.2, 0) is 17.5 Å². The fraction of sp³-hybridized carbons (Fsp3) is 0.524. The third kappa shape index (κ3) is 6.63. The number of hydrogen-bond acceptors (Lipinski definition) is 6. The number of alkyl halides is 3. The Morgan fingerprint density at radius 3 is 2.75 bits per heavy atom. The third-order valence-corrected chi connectivity index (χ3v) is 6.15. The molecule has 32 heavy (non-hydrogen) atoms. The summed E-state index contributed by atoms with van der Waals surface area (Å²) >= 11 is 1.27. The molecule has 2 N–H and O–H groups in total. The molecule has 0 spiro atoms. The smallest absolute Gasteiger partial charge is 0.378 e. The maximum atomic E-state index is 13.0. The first kappa shape index (κ1) is 23.9. The summed E-state index contributed by atoms with van der Waals surface area (Å²) in [7, 11) is 0. The number of nitrogens with zero attached hydrogens (tertiary/aromatic N) is 4. The molecular weight excluding hydrogens is 441 g/mol. The van der Waals surface area contributed by atoms with E-state index in [1.807, 2.05) is 10.6 Å². The lowest BCUT2D eigenvalue weighted by Crippen LogP contribution is -2.26. The molecule has 1 aliphatic rings. The highest BCUT2D eigenvalue weighted by atomic mass is 32.2. The number of anilines is 1. The van der Waals surface area contributed by atoms with E-state index >= 15 is 0 Å². The van der Waals surface area contributed by atoms with Crippen LogP contribution in [-0.4, -0.2) is 33.0 Å². The van der Waals surface area contributed by atoms with Gasteiger partial charge in [-0.25, -0.2) is 0 Å². The second-order valence-corrected chi connectivity index (χ2v) is 8.48. The van der Waals surface area contributed by atoms with Gasteiger partial charge in [0, 0.05) is 18.3 Å². The molecule has 1 aromatic heterocycles. The van der Waals surface area contributed by atoms with Gasteiger partial charge in [0.2, 0.25) is 5.91 Å². The van der Waals surface area contributed by atoms with Crippen LogP contribution in [0.3, 0.4) is 0 Å². The number of nitrogens with one attached hydrogen (secondary N) is 2. The van der Waals surface area contributed by atoms with Gasteiger partial charge in [0.15, 0.2) is 11.0 Å². The molecule has 1 heterocycles. The summed E-state index contributed by atoms with van der Waals surface area (Å²) in [4.78, 5) is 12.0. The number of halogens is 3. The number of aromatic nitrogens is 3. The number of rotatable bonds is 9. The van der Waals surface area contributed by atoms with E-state index in [0.717, 1.165) is 37.8 Å². The lowest BCUT2D eigenvalue weighted by atomic mass is 9.95. The van der Waals surface area contributed by atoms with Gasteiger partial charge in [-0.2, -0.15) is 18.4 Å². The zero-order valence-electron chi connectivity index (χ0n) is 17.5.